The number of anilines is 1. The maximum Gasteiger partial charge on any atom is 0.430 e. The van der Waals surface area contributed by atoms with Crippen LogP contribution in [0.5, 0.6) is 11.5 Å². The number of benzene rings is 3. The molecule has 0 radical (unpaired) electrons. The number of nitrogens with zero attached hydrogens (tertiary/aromatic N) is 1. The molecule has 0 fully saturated rings. The molecule has 12 heteroatoms. The molecule has 214 valence electrons. The van der Waals surface area contributed by atoms with Crippen LogP contribution in [0.15, 0.2) is 66.7 Å². The highest BCUT2D eigenvalue weighted by Gasteiger charge is 2.71. The number of hydrogen-bond acceptors (Lipinski definition) is 4. The summed E-state index contributed by atoms with van der Waals surface area (Å²) in [4.78, 5) is 14.8. The Hall–Kier alpha value is -3.44. The predicted octanol–water partition coefficient (Wildman–Crippen LogP) is 6.63. The Labute approximate surface area is 230 Å². The Morgan fingerprint density at radius 3 is 2.30 bits per heavy atom. The van der Waals surface area contributed by atoms with E-state index < -0.39 is 35.5 Å². The first-order chi connectivity index (χ1) is 18.7. The molecular formula is C28H24ClF6NO4. The van der Waals surface area contributed by atoms with Gasteiger partial charge in [0.25, 0.3) is 5.60 Å². The van der Waals surface area contributed by atoms with Gasteiger partial charge in [-0.2, -0.15) is 26.3 Å². The highest BCUT2D eigenvalue weighted by molar-refractivity contribution is 6.30. The molecule has 5 nitrogen and oxygen atoms in total. The van der Waals surface area contributed by atoms with E-state index >= 15 is 0 Å². The third-order valence-electron chi connectivity index (χ3n) is 6.62. The van der Waals surface area contributed by atoms with Crippen LogP contribution >= 0.6 is 11.6 Å². The van der Waals surface area contributed by atoms with Crippen molar-refractivity contribution < 1.29 is 45.7 Å². The topological polar surface area (TPSA) is 59.0 Å². The predicted molar refractivity (Wildman–Crippen MR) is 136 cm³/mol. The molecule has 3 aromatic rings. The summed E-state index contributed by atoms with van der Waals surface area (Å²) in [5.41, 5.74) is -5.76. The Kier molecular flexibility index (Phi) is 8.28. The second-order valence-electron chi connectivity index (χ2n) is 9.32. The van der Waals surface area contributed by atoms with Gasteiger partial charge in [-0.05, 0) is 54.3 Å². The molecular weight excluding hydrogens is 564 g/mol. The number of ether oxygens (including phenoxy) is 2. The van der Waals surface area contributed by atoms with E-state index in [9.17, 15) is 36.2 Å². The van der Waals surface area contributed by atoms with Gasteiger partial charge in [0.05, 0.1) is 20.1 Å². The molecule has 3 aromatic carbocycles. The number of carbonyl (C=O) groups excluding carboxylic acids is 1. The standard InChI is InChI=1S/C28H24ClF6NO4/c1-39-21-6-3-7-22(15-21)40-23-10-8-18-14-19(26(38,27(30,31)32)28(33,34)35)9-11-24(18)36(16-23)25(37)13-17-4-2-5-20(29)12-17/h2-7,9,11-12,14-15,23,38H,8,10,13,16H2,1H3. The third-order valence-corrected chi connectivity index (χ3v) is 6.85. The number of amides is 1. The summed E-state index contributed by atoms with van der Waals surface area (Å²) in [6, 6.07) is 15.4. The zero-order chi connectivity index (χ0) is 29.3. The fourth-order valence-corrected chi connectivity index (χ4v) is 4.80. The average molecular weight is 588 g/mol. The number of alkyl halides is 6. The van der Waals surface area contributed by atoms with Crippen LogP contribution in [0, 0.1) is 0 Å². The third kappa shape index (κ3) is 6.00. The van der Waals surface area contributed by atoms with Crippen LogP contribution in [-0.4, -0.2) is 43.1 Å². The minimum absolute atomic E-state index is 0.0233. The molecule has 0 aromatic heterocycles. The van der Waals surface area contributed by atoms with Crippen molar-refractivity contribution in [2.45, 2.75) is 43.3 Å². The second-order valence-corrected chi connectivity index (χ2v) is 9.75. The summed E-state index contributed by atoms with van der Waals surface area (Å²) in [7, 11) is 1.47. The van der Waals surface area contributed by atoms with E-state index in [4.69, 9.17) is 21.1 Å². The van der Waals surface area contributed by atoms with Gasteiger partial charge in [0.15, 0.2) is 0 Å². The number of halogens is 7. The van der Waals surface area contributed by atoms with Gasteiger partial charge in [0.2, 0.25) is 5.91 Å². The highest BCUT2D eigenvalue weighted by atomic mass is 35.5. The molecule has 0 saturated heterocycles. The number of methoxy groups -OCH3 is 1. The molecule has 0 saturated carbocycles. The van der Waals surface area contributed by atoms with Crippen molar-refractivity contribution in [2.24, 2.45) is 0 Å². The molecule has 0 bridgehead atoms. The maximum absolute atomic E-state index is 13.6. The molecule has 1 unspecified atom stereocenters. The molecule has 1 heterocycles. The van der Waals surface area contributed by atoms with Gasteiger partial charge < -0.3 is 19.5 Å². The summed E-state index contributed by atoms with van der Waals surface area (Å²) >= 11 is 6.03. The molecule has 1 N–H and O–H groups in total. The van der Waals surface area contributed by atoms with Crippen molar-refractivity contribution in [2.75, 3.05) is 18.6 Å². The Bertz CT molecular complexity index is 1360. The van der Waals surface area contributed by atoms with Gasteiger partial charge in [-0.1, -0.05) is 41.9 Å². The quantitative estimate of drug-likeness (QED) is 0.329. The number of aliphatic hydroxyl groups is 1. The van der Waals surface area contributed by atoms with Crippen molar-refractivity contribution in [3.63, 3.8) is 0 Å². The Morgan fingerprint density at radius 2 is 1.65 bits per heavy atom. The molecule has 4 rings (SSSR count). The summed E-state index contributed by atoms with van der Waals surface area (Å²) < 4.78 is 92.7. The Morgan fingerprint density at radius 1 is 0.975 bits per heavy atom. The van der Waals surface area contributed by atoms with Crippen LogP contribution in [0.1, 0.15) is 23.1 Å². The summed E-state index contributed by atoms with van der Waals surface area (Å²) in [5, 5.41) is 10.3. The first kappa shape index (κ1) is 29.5. The number of carbonyl (C=O) groups is 1. The summed E-state index contributed by atoms with van der Waals surface area (Å²) in [6.07, 6.45) is -12.7. The van der Waals surface area contributed by atoms with Crippen LogP contribution in [0.3, 0.4) is 0 Å². The number of aryl methyl sites for hydroxylation is 1. The lowest BCUT2D eigenvalue weighted by Crippen LogP contribution is -2.54. The second kappa shape index (κ2) is 11.2. The smallest absolute Gasteiger partial charge is 0.430 e. The van der Waals surface area contributed by atoms with E-state index in [0.29, 0.717) is 34.2 Å². The van der Waals surface area contributed by atoms with E-state index in [0.717, 1.165) is 6.07 Å². The van der Waals surface area contributed by atoms with Crippen molar-refractivity contribution in [1.82, 2.24) is 0 Å². The van der Waals surface area contributed by atoms with Crippen molar-refractivity contribution in [3.05, 3.63) is 88.4 Å². The van der Waals surface area contributed by atoms with Gasteiger partial charge in [0.1, 0.15) is 17.6 Å². The molecule has 0 aliphatic carbocycles. The number of fused-ring (bicyclic) bond motifs is 1. The number of rotatable bonds is 6. The Balaban J connectivity index is 1.74. The average Bonchev–Trinajstić information content (AvgIpc) is 3.06. The molecule has 1 aliphatic heterocycles. The van der Waals surface area contributed by atoms with Gasteiger partial charge >= 0.3 is 12.4 Å². The van der Waals surface area contributed by atoms with Gasteiger partial charge in [-0.25, -0.2) is 0 Å². The maximum atomic E-state index is 13.6. The molecule has 1 aliphatic rings. The monoisotopic (exact) mass is 587 g/mol. The van der Waals surface area contributed by atoms with E-state index in [1.165, 1.54) is 12.0 Å². The first-order valence-corrected chi connectivity index (χ1v) is 12.5. The lowest BCUT2D eigenvalue weighted by Gasteiger charge is -2.33. The molecule has 0 spiro atoms. The lowest BCUT2D eigenvalue weighted by molar-refractivity contribution is -0.376. The van der Waals surface area contributed by atoms with Crippen LogP contribution in [0.4, 0.5) is 32.0 Å². The first-order valence-electron chi connectivity index (χ1n) is 12.1. The van der Waals surface area contributed by atoms with Crippen LogP contribution in [0.2, 0.25) is 5.02 Å². The van der Waals surface area contributed by atoms with Crippen molar-refractivity contribution in [1.29, 1.82) is 0 Å². The van der Waals surface area contributed by atoms with Crippen LogP contribution in [-0.2, 0) is 23.2 Å². The largest absolute Gasteiger partial charge is 0.497 e. The molecule has 40 heavy (non-hydrogen) atoms. The van der Waals surface area contributed by atoms with Gasteiger partial charge in [-0.15, -0.1) is 0 Å². The van der Waals surface area contributed by atoms with E-state index in [2.05, 4.69) is 0 Å². The van der Waals surface area contributed by atoms with Crippen molar-refractivity contribution >= 4 is 23.2 Å². The van der Waals surface area contributed by atoms with Crippen LogP contribution in [0.25, 0.3) is 0 Å². The fourth-order valence-electron chi connectivity index (χ4n) is 4.59. The highest BCUT2D eigenvalue weighted by Crippen LogP contribution is 2.50. The minimum Gasteiger partial charge on any atom is -0.497 e. The summed E-state index contributed by atoms with van der Waals surface area (Å²) in [5.74, 6) is 0.438. The number of hydrogen-bond donors (Lipinski definition) is 1. The van der Waals surface area contributed by atoms with Crippen molar-refractivity contribution in [3.8, 4) is 11.5 Å². The lowest BCUT2D eigenvalue weighted by atomic mass is 9.89. The zero-order valence-corrected chi connectivity index (χ0v) is 21.8. The van der Waals surface area contributed by atoms with Crippen LogP contribution < -0.4 is 14.4 Å². The zero-order valence-electron chi connectivity index (χ0n) is 21.0. The fraction of sp³-hybridized carbons (Fsp3) is 0.321. The molecule has 1 atom stereocenters. The SMILES string of the molecule is COc1cccc(OC2CCc3cc(C(O)(C(F)(F)F)C(F)(F)F)ccc3N(C(=O)Cc3cccc(Cl)c3)C2)c1. The van der Waals surface area contributed by atoms with E-state index in [1.807, 2.05) is 0 Å². The van der Waals surface area contributed by atoms with E-state index in [1.54, 1.807) is 48.5 Å². The summed E-state index contributed by atoms with van der Waals surface area (Å²) in [6.45, 7) is -0.0359. The molecule has 1 amide bonds. The normalized spacial score (nSPS) is 16.2. The van der Waals surface area contributed by atoms with Gasteiger partial charge in [0, 0.05) is 22.3 Å². The van der Waals surface area contributed by atoms with E-state index in [-0.39, 0.29) is 37.1 Å². The minimum atomic E-state index is -6.04. The van der Waals surface area contributed by atoms with Gasteiger partial charge in [-0.3, -0.25) is 4.79 Å².